The van der Waals surface area contributed by atoms with Crippen LogP contribution in [0.5, 0.6) is 6.01 Å². The van der Waals surface area contributed by atoms with Crippen LogP contribution in [0.25, 0.3) is 0 Å². The first-order chi connectivity index (χ1) is 20.0. The van der Waals surface area contributed by atoms with E-state index in [0.29, 0.717) is 42.3 Å². The molecule has 1 saturated heterocycles. The van der Waals surface area contributed by atoms with E-state index in [-0.39, 0.29) is 36.2 Å². The van der Waals surface area contributed by atoms with Crippen molar-refractivity contribution in [1.82, 2.24) is 14.9 Å². The van der Waals surface area contributed by atoms with Crippen molar-refractivity contribution >= 4 is 14.4 Å². The van der Waals surface area contributed by atoms with E-state index in [9.17, 15) is 4.79 Å². The van der Waals surface area contributed by atoms with Crippen molar-refractivity contribution in [3.8, 4) is 17.9 Å². The van der Waals surface area contributed by atoms with Crippen LogP contribution in [0.15, 0.2) is 60.9 Å². The lowest BCUT2D eigenvalue weighted by atomic mass is 9.98. The fraction of sp³-hybridized carbons (Fsp3) is 0.424. The second-order valence-electron chi connectivity index (χ2n) is 12.1. The van der Waals surface area contributed by atoms with Gasteiger partial charge in [-0.15, -0.1) is 0 Å². The zero-order valence-corrected chi connectivity index (χ0v) is 26.2. The summed E-state index contributed by atoms with van der Waals surface area (Å²) in [6.07, 6.45) is 4.49. The first-order valence-electron chi connectivity index (χ1n) is 14.4. The van der Waals surface area contributed by atoms with Crippen LogP contribution in [0, 0.1) is 23.6 Å². The largest absolute Gasteiger partial charge is 0.463 e. The minimum absolute atomic E-state index is 0.0486. The lowest BCUT2D eigenvalue weighted by Gasteiger charge is -2.36. The van der Waals surface area contributed by atoms with Gasteiger partial charge >= 0.3 is 12.1 Å². The maximum Gasteiger partial charge on any atom is 0.410 e. The number of likely N-dealkylation sites (tertiary alicyclic amines) is 1. The number of benzene rings is 2. The highest BCUT2D eigenvalue weighted by Crippen LogP contribution is 2.37. The summed E-state index contributed by atoms with van der Waals surface area (Å²) in [5.74, 6) is 5.77. The Labute approximate surface area is 249 Å². The number of ether oxygens (including phenoxy) is 2. The van der Waals surface area contributed by atoms with Gasteiger partial charge in [0.15, 0.2) is 8.32 Å². The normalized spacial score (nSPS) is 14.2. The zero-order valence-electron chi connectivity index (χ0n) is 25.2. The highest BCUT2D eigenvalue weighted by atomic mass is 28.4. The van der Waals surface area contributed by atoms with Crippen molar-refractivity contribution < 1.29 is 23.1 Å². The molecule has 4 rings (SSSR count). The number of carbonyl (C=O) groups excluding carboxylic acids is 1. The average Bonchev–Trinajstić information content (AvgIpc) is 2.98. The number of hydrogen-bond donors (Lipinski definition) is 0. The smallest absolute Gasteiger partial charge is 0.410 e. The molecule has 7 nitrogen and oxygen atoms in total. The van der Waals surface area contributed by atoms with Crippen LogP contribution in [-0.2, 0) is 22.4 Å². The van der Waals surface area contributed by atoms with Gasteiger partial charge in [0.05, 0.1) is 24.3 Å². The lowest BCUT2D eigenvalue weighted by Crippen LogP contribution is -2.40. The second-order valence-corrected chi connectivity index (χ2v) is 16.9. The molecule has 2 heterocycles. The summed E-state index contributed by atoms with van der Waals surface area (Å²) in [6, 6.07) is 15.1. The molecule has 0 atom stereocenters. The van der Waals surface area contributed by atoms with Gasteiger partial charge in [0.1, 0.15) is 12.4 Å². The molecular formula is C33H40FN3O4Si. The van der Waals surface area contributed by atoms with E-state index in [1.54, 1.807) is 35.5 Å². The number of halogens is 1. The number of piperidine rings is 1. The predicted molar refractivity (Wildman–Crippen MR) is 163 cm³/mol. The van der Waals surface area contributed by atoms with Crippen LogP contribution in [0.3, 0.4) is 0 Å². The summed E-state index contributed by atoms with van der Waals surface area (Å²) < 4.78 is 32.6. The molecule has 0 N–H and O–H groups in total. The average molecular weight is 590 g/mol. The van der Waals surface area contributed by atoms with Crippen LogP contribution in [0.1, 0.15) is 55.9 Å². The summed E-state index contributed by atoms with van der Waals surface area (Å²) in [4.78, 5) is 22.6. The Balaban J connectivity index is 1.23. The molecule has 1 amide bonds. The molecule has 42 heavy (non-hydrogen) atoms. The van der Waals surface area contributed by atoms with Gasteiger partial charge in [-0.05, 0) is 48.5 Å². The summed E-state index contributed by atoms with van der Waals surface area (Å²) in [5.41, 5.74) is 2.34. The Bertz CT molecular complexity index is 1390. The third kappa shape index (κ3) is 8.63. The van der Waals surface area contributed by atoms with Crippen molar-refractivity contribution in [3.63, 3.8) is 0 Å². The Morgan fingerprint density at radius 1 is 1.00 bits per heavy atom. The summed E-state index contributed by atoms with van der Waals surface area (Å²) in [6.45, 7) is 13.0. The van der Waals surface area contributed by atoms with E-state index in [4.69, 9.17) is 13.9 Å². The summed E-state index contributed by atoms with van der Waals surface area (Å²) in [7, 11) is -2.00. The van der Waals surface area contributed by atoms with Gasteiger partial charge in [-0.1, -0.05) is 75.1 Å². The molecule has 0 radical (unpaired) electrons. The van der Waals surface area contributed by atoms with E-state index in [1.165, 1.54) is 0 Å². The molecule has 2 aromatic carbocycles. The molecule has 0 bridgehead atoms. The first-order valence-corrected chi connectivity index (χ1v) is 17.3. The van der Waals surface area contributed by atoms with Crippen molar-refractivity contribution in [1.29, 1.82) is 0 Å². The van der Waals surface area contributed by atoms with Crippen molar-refractivity contribution in [2.45, 2.75) is 65.0 Å². The number of nitrogens with zero attached hydrogens (tertiary/aromatic N) is 3. The molecule has 222 valence electrons. The zero-order chi connectivity index (χ0) is 30.2. The van der Waals surface area contributed by atoms with E-state index in [0.717, 1.165) is 18.4 Å². The van der Waals surface area contributed by atoms with E-state index >= 15 is 4.39 Å². The number of carbonyl (C=O) groups is 1. The molecule has 9 heteroatoms. The number of amides is 1. The van der Waals surface area contributed by atoms with Crippen molar-refractivity contribution in [2.24, 2.45) is 5.92 Å². The summed E-state index contributed by atoms with van der Waals surface area (Å²) in [5, 5.41) is 0.0486. The van der Waals surface area contributed by atoms with Crippen molar-refractivity contribution in [2.75, 3.05) is 19.7 Å². The molecular weight excluding hydrogens is 549 g/mol. The Morgan fingerprint density at radius 2 is 1.69 bits per heavy atom. The van der Waals surface area contributed by atoms with Gasteiger partial charge < -0.3 is 18.8 Å². The fourth-order valence-corrected chi connectivity index (χ4v) is 5.09. The molecule has 1 aromatic heterocycles. The SMILES string of the molecule is CC(C)(C)[Si](C)(C)OCc1cccc(C#Cc2cnc(OCC3CCN(C(=O)OCc4ccccc4)CC3)nc2)c1F. The third-order valence-corrected chi connectivity index (χ3v) is 12.4. The van der Waals surface area contributed by atoms with Crippen LogP contribution in [0.2, 0.25) is 18.1 Å². The predicted octanol–water partition coefficient (Wildman–Crippen LogP) is 6.96. The van der Waals surface area contributed by atoms with Crippen LogP contribution >= 0.6 is 0 Å². The van der Waals surface area contributed by atoms with Gasteiger partial charge in [0.2, 0.25) is 0 Å². The lowest BCUT2D eigenvalue weighted by molar-refractivity contribution is 0.0753. The monoisotopic (exact) mass is 589 g/mol. The highest BCUT2D eigenvalue weighted by Gasteiger charge is 2.37. The van der Waals surface area contributed by atoms with Crippen LogP contribution in [-0.4, -0.2) is 49.0 Å². The Hall–Kier alpha value is -3.74. The summed E-state index contributed by atoms with van der Waals surface area (Å²) >= 11 is 0. The van der Waals surface area contributed by atoms with Gasteiger partial charge in [-0.25, -0.2) is 19.2 Å². The maximum atomic E-state index is 15.1. The quantitative estimate of drug-likeness (QED) is 0.209. The standard InChI is InChI=1S/C33H40FN3O4Si/c1-33(2,3)42(4,5)41-24-29-13-9-12-28(30(29)34)15-14-27-20-35-31(36-21-27)39-22-26-16-18-37(19-17-26)32(38)40-23-25-10-7-6-8-11-25/h6-13,20-21,26H,16-19,22-24H2,1-5H3. The molecule has 0 aliphatic carbocycles. The number of rotatable bonds is 8. The first kappa shape index (κ1) is 31.2. The van der Waals surface area contributed by atoms with Gasteiger partial charge in [0.25, 0.3) is 0 Å². The molecule has 1 aliphatic heterocycles. The van der Waals surface area contributed by atoms with Gasteiger partial charge in [-0.2, -0.15) is 0 Å². The number of aromatic nitrogens is 2. The molecule has 1 fully saturated rings. The molecule has 0 unspecified atom stereocenters. The fourth-order valence-electron chi connectivity index (χ4n) is 4.14. The minimum Gasteiger partial charge on any atom is -0.463 e. The van der Waals surface area contributed by atoms with Crippen LogP contribution in [0.4, 0.5) is 9.18 Å². The topological polar surface area (TPSA) is 73.8 Å². The van der Waals surface area contributed by atoms with E-state index < -0.39 is 8.32 Å². The molecule has 0 saturated carbocycles. The second kappa shape index (κ2) is 13.9. The van der Waals surface area contributed by atoms with Crippen molar-refractivity contribution in [3.05, 3.63) is 89.0 Å². The molecule has 3 aromatic rings. The van der Waals surface area contributed by atoms with Gasteiger partial charge in [-0.3, -0.25) is 0 Å². The van der Waals surface area contributed by atoms with E-state index in [1.807, 2.05) is 30.3 Å². The number of hydrogen-bond acceptors (Lipinski definition) is 6. The molecule has 1 aliphatic rings. The third-order valence-electron chi connectivity index (χ3n) is 7.97. The molecule has 0 spiro atoms. The van der Waals surface area contributed by atoms with Gasteiger partial charge in [0, 0.05) is 31.0 Å². The maximum absolute atomic E-state index is 15.1. The van der Waals surface area contributed by atoms with E-state index in [2.05, 4.69) is 55.7 Å². The van der Waals surface area contributed by atoms with Crippen LogP contribution < -0.4 is 4.74 Å². The highest BCUT2D eigenvalue weighted by molar-refractivity contribution is 6.74. The Kier molecular flexibility index (Phi) is 10.4. The minimum atomic E-state index is -2.00. The Morgan fingerprint density at radius 3 is 2.36 bits per heavy atom.